The predicted molar refractivity (Wildman–Crippen MR) is 84.8 cm³/mol. The lowest BCUT2D eigenvalue weighted by molar-refractivity contribution is 0.0664. The van der Waals surface area contributed by atoms with Gasteiger partial charge in [-0.15, -0.1) is 0 Å². The van der Waals surface area contributed by atoms with E-state index in [2.05, 4.69) is 15.2 Å². The number of nitrogens with one attached hydrogen (secondary N) is 1. The van der Waals surface area contributed by atoms with E-state index in [1.165, 1.54) is 6.20 Å². The maximum absolute atomic E-state index is 12.5. The fourth-order valence-electron chi connectivity index (χ4n) is 2.27. The van der Waals surface area contributed by atoms with Crippen molar-refractivity contribution in [3.63, 3.8) is 0 Å². The zero-order valence-corrected chi connectivity index (χ0v) is 13.5. The van der Waals surface area contributed by atoms with Gasteiger partial charge in [0.25, 0.3) is 11.8 Å². The van der Waals surface area contributed by atoms with Gasteiger partial charge in [-0.1, -0.05) is 13.8 Å². The second-order valence-electron chi connectivity index (χ2n) is 6.13. The minimum Gasteiger partial charge on any atom is -0.350 e. The van der Waals surface area contributed by atoms with Crippen LogP contribution in [0.1, 0.15) is 34.7 Å². The lowest BCUT2D eigenvalue weighted by atomic mass is 10.1. The average molecular weight is 304 g/mol. The number of hydrogen-bond donors (Lipinski definition) is 1. The van der Waals surface area contributed by atoms with E-state index in [0.717, 1.165) is 13.1 Å². The molecule has 1 fully saturated rings. The van der Waals surface area contributed by atoms with Crippen LogP contribution in [-0.2, 0) is 0 Å². The van der Waals surface area contributed by atoms with Crippen molar-refractivity contribution in [3.05, 3.63) is 29.6 Å². The highest BCUT2D eigenvalue weighted by molar-refractivity contribution is 5.98. The summed E-state index contributed by atoms with van der Waals surface area (Å²) >= 11 is 0. The van der Waals surface area contributed by atoms with E-state index in [1.54, 1.807) is 12.1 Å². The van der Waals surface area contributed by atoms with E-state index in [-0.39, 0.29) is 11.8 Å². The zero-order chi connectivity index (χ0) is 16.1. The van der Waals surface area contributed by atoms with Gasteiger partial charge in [-0.25, -0.2) is 0 Å². The third kappa shape index (κ3) is 4.27. The van der Waals surface area contributed by atoms with Gasteiger partial charge in [0.05, 0.1) is 0 Å². The monoisotopic (exact) mass is 304 g/mol. The molecule has 2 rings (SSSR count). The molecule has 120 valence electrons. The van der Waals surface area contributed by atoms with Gasteiger partial charge in [0.1, 0.15) is 5.69 Å². The summed E-state index contributed by atoms with van der Waals surface area (Å²) in [6, 6.07) is 3.25. The number of hydrogen-bond acceptors (Lipinski definition) is 4. The number of rotatable bonds is 4. The largest absolute Gasteiger partial charge is 0.350 e. The van der Waals surface area contributed by atoms with Crippen LogP contribution >= 0.6 is 0 Å². The van der Waals surface area contributed by atoms with Crippen LogP contribution in [0.2, 0.25) is 0 Å². The Morgan fingerprint density at radius 1 is 1.27 bits per heavy atom. The van der Waals surface area contributed by atoms with Gasteiger partial charge in [-0.2, -0.15) is 0 Å². The van der Waals surface area contributed by atoms with Crippen molar-refractivity contribution in [2.75, 3.05) is 39.8 Å². The molecule has 1 saturated heterocycles. The molecule has 0 spiro atoms. The van der Waals surface area contributed by atoms with Gasteiger partial charge in [-0.05, 0) is 25.1 Å². The molecule has 1 aliphatic rings. The van der Waals surface area contributed by atoms with Crippen molar-refractivity contribution >= 4 is 11.8 Å². The van der Waals surface area contributed by atoms with Crippen LogP contribution in [0.4, 0.5) is 0 Å². The SMILES string of the molecule is CC(C)CNC(=O)c1cc(C(=O)N2CCN(C)CC2)ccn1. The molecule has 0 unspecified atom stereocenters. The summed E-state index contributed by atoms with van der Waals surface area (Å²) in [5, 5.41) is 2.82. The van der Waals surface area contributed by atoms with Crippen molar-refractivity contribution in [2.45, 2.75) is 13.8 Å². The molecule has 22 heavy (non-hydrogen) atoms. The average Bonchev–Trinajstić information content (AvgIpc) is 2.52. The first-order valence-corrected chi connectivity index (χ1v) is 7.69. The molecule has 0 aliphatic carbocycles. The Kier molecular flexibility index (Phi) is 5.49. The predicted octanol–water partition coefficient (Wildman–Crippen LogP) is 0.855. The van der Waals surface area contributed by atoms with E-state index in [1.807, 2.05) is 25.8 Å². The first kappa shape index (κ1) is 16.4. The lowest BCUT2D eigenvalue weighted by Gasteiger charge is -2.32. The summed E-state index contributed by atoms with van der Waals surface area (Å²) in [4.78, 5) is 32.6. The number of amides is 2. The van der Waals surface area contributed by atoms with Crippen molar-refractivity contribution in [3.8, 4) is 0 Å². The molecule has 1 aliphatic heterocycles. The molecule has 0 radical (unpaired) electrons. The van der Waals surface area contributed by atoms with Crippen molar-refractivity contribution in [2.24, 2.45) is 5.92 Å². The first-order chi connectivity index (χ1) is 10.5. The Hall–Kier alpha value is -1.95. The number of pyridine rings is 1. The first-order valence-electron chi connectivity index (χ1n) is 7.69. The van der Waals surface area contributed by atoms with Crippen LogP contribution in [0.25, 0.3) is 0 Å². The summed E-state index contributed by atoms with van der Waals surface area (Å²) in [6.07, 6.45) is 1.52. The third-order valence-electron chi connectivity index (χ3n) is 3.70. The van der Waals surface area contributed by atoms with Crippen molar-refractivity contribution in [1.82, 2.24) is 20.1 Å². The molecule has 0 saturated carbocycles. The maximum Gasteiger partial charge on any atom is 0.269 e. The third-order valence-corrected chi connectivity index (χ3v) is 3.70. The molecule has 2 amide bonds. The number of piperazine rings is 1. The zero-order valence-electron chi connectivity index (χ0n) is 13.5. The second-order valence-corrected chi connectivity index (χ2v) is 6.13. The molecule has 1 aromatic heterocycles. The van der Waals surface area contributed by atoms with E-state index < -0.39 is 0 Å². The molecular formula is C16H24N4O2. The van der Waals surface area contributed by atoms with Crippen LogP contribution in [0.5, 0.6) is 0 Å². The summed E-state index contributed by atoms with van der Waals surface area (Å²) in [5.74, 6) is 0.106. The standard InChI is InChI=1S/C16H24N4O2/c1-12(2)11-18-15(21)14-10-13(4-5-17-14)16(22)20-8-6-19(3)7-9-20/h4-5,10,12H,6-9,11H2,1-3H3,(H,18,21). The van der Waals surface area contributed by atoms with E-state index in [9.17, 15) is 9.59 Å². The molecular weight excluding hydrogens is 280 g/mol. The second kappa shape index (κ2) is 7.35. The van der Waals surface area contributed by atoms with Crippen molar-refractivity contribution < 1.29 is 9.59 Å². The highest BCUT2D eigenvalue weighted by Gasteiger charge is 2.21. The highest BCUT2D eigenvalue weighted by Crippen LogP contribution is 2.09. The van der Waals surface area contributed by atoms with E-state index >= 15 is 0 Å². The minimum absolute atomic E-state index is 0.0339. The van der Waals surface area contributed by atoms with Crippen molar-refractivity contribution in [1.29, 1.82) is 0 Å². The maximum atomic E-state index is 12.5. The molecule has 6 nitrogen and oxygen atoms in total. The Balaban J connectivity index is 2.04. The van der Waals surface area contributed by atoms with Crippen LogP contribution in [0.15, 0.2) is 18.3 Å². The lowest BCUT2D eigenvalue weighted by Crippen LogP contribution is -2.47. The molecule has 1 N–H and O–H groups in total. The van der Waals surface area contributed by atoms with E-state index in [0.29, 0.717) is 36.8 Å². The molecule has 0 bridgehead atoms. The topological polar surface area (TPSA) is 65.5 Å². The summed E-state index contributed by atoms with van der Waals surface area (Å²) in [6.45, 7) is 7.83. The van der Waals surface area contributed by atoms with Crippen LogP contribution in [0, 0.1) is 5.92 Å². The van der Waals surface area contributed by atoms with Gasteiger partial charge >= 0.3 is 0 Å². The van der Waals surface area contributed by atoms with Crippen LogP contribution in [-0.4, -0.2) is 66.4 Å². The summed E-state index contributed by atoms with van der Waals surface area (Å²) in [5.41, 5.74) is 0.815. The summed E-state index contributed by atoms with van der Waals surface area (Å²) in [7, 11) is 2.05. The molecule has 1 aromatic rings. The molecule has 0 aromatic carbocycles. The van der Waals surface area contributed by atoms with Gasteiger partial charge in [-0.3, -0.25) is 14.6 Å². The molecule has 6 heteroatoms. The smallest absolute Gasteiger partial charge is 0.269 e. The number of likely N-dealkylation sites (N-methyl/N-ethyl adjacent to an activating group) is 1. The quantitative estimate of drug-likeness (QED) is 0.896. The van der Waals surface area contributed by atoms with Gasteiger partial charge in [0.2, 0.25) is 0 Å². The number of carbonyl (C=O) groups is 2. The molecule has 0 atom stereocenters. The number of aromatic nitrogens is 1. The van der Waals surface area contributed by atoms with Crippen LogP contribution < -0.4 is 5.32 Å². The Morgan fingerprint density at radius 2 is 1.95 bits per heavy atom. The highest BCUT2D eigenvalue weighted by atomic mass is 16.2. The Labute approximate surface area is 131 Å². The van der Waals surface area contributed by atoms with Crippen LogP contribution in [0.3, 0.4) is 0 Å². The minimum atomic E-state index is -0.235. The normalized spacial score (nSPS) is 15.9. The number of nitrogens with zero attached hydrogens (tertiary/aromatic N) is 3. The Bertz CT molecular complexity index is 537. The fourth-order valence-corrected chi connectivity index (χ4v) is 2.27. The van der Waals surface area contributed by atoms with Gasteiger partial charge in [0.15, 0.2) is 0 Å². The Morgan fingerprint density at radius 3 is 2.59 bits per heavy atom. The van der Waals surface area contributed by atoms with E-state index in [4.69, 9.17) is 0 Å². The van der Waals surface area contributed by atoms with Gasteiger partial charge < -0.3 is 15.1 Å². The summed E-state index contributed by atoms with van der Waals surface area (Å²) < 4.78 is 0. The molecule has 2 heterocycles. The van der Waals surface area contributed by atoms with Gasteiger partial charge in [0, 0.05) is 44.5 Å². The number of carbonyl (C=O) groups excluding carboxylic acids is 2. The fraction of sp³-hybridized carbons (Fsp3) is 0.562.